The van der Waals surface area contributed by atoms with E-state index >= 15 is 0 Å². The molecule has 1 fully saturated rings. The van der Waals surface area contributed by atoms with E-state index in [-0.39, 0.29) is 29.4 Å². The van der Waals surface area contributed by atoms with Gasteiger partial charge < -0.3 is 4.74 Å². The quantitative estimate of drug-likeness (QED) is 0.802. The highest BCUT2D eigenvalue weighted by molar-refractivity contribution is 6.31. The number of aromatic nitrogens is 1. The topological polar surface area (TPSA) is 39.2 Å². The van der Waals surface area contributed by atoms with Crippen LogP contribution in [0.25, 0.3) is 0 Å². The third kappa shape index (κ3) is 3.00. The number of carbonyl (C=O) groups excluding carboxylic acids is 1. The van der Waals surface area contributed by atoms with Crippen molar-refractivity contribution in [2.24, 2.45) is 5.92 Å². The fraction of sp³-hybridized carbons (Fsp3) is 0.500. The van der Waals surface area contributed by atoms with Gasteiger partial charge in [0.2, 0.25) is 0 Å². The standard InChI is InChI=1S/C12H11ClF3NO2/c1-2-19-11(18)8-4-7(8)10-9(13)3-6(5-17-10)12(14,15)16/h3,5,7-8H,2,4H2,1H3. The molecule has 1 aromatic heterocycles. The highest BCUT2D eigenvalue weighted by Crippen LogP contribution is 2.49. The van der Waals surface area contributed by atoms with E-state index in [1.54, 1.807) is 6.92 Å². The summed E-state index contributed by atoms with van der Waals surface area (Å²) in [6.07, 6.45) is -3.22. The molecule has 2 unspecified atom stereocenters. The number of halogens is 4. The van der Waals surface area contributed by atoms with Gasteiger partial charge in [-0.05, 0) is 19.4 Å². The van der Waals surface area contributed by atoms with E-state index < -0.39 is 11.7 Å². The summed E-state index contributed by atoms with van der Waals surface area (Å²) in [5, 5.41) is -0.0633. The first-order valence-corrected chi connectivity index (χ1v) is 6.11. The normalized spacial score (nSPS) is 22.2. The van der Waals surface area contributed by atoms with Crippen molar-refractivity contribution in [3.8, 4) is 0 Å². The molecule has 7 heteroatoms. The molecular weight excluding hydrogens is 283 g/mol. The van der Waals surface area contributed by atoms with Gasteiger partial charge in [0.05, 0.1) is 28.8 Å². The molecule has 0 saturated heterocycles. The Morgan fingerprint density at radius 1 is 1.58 bits per heavy atom. The van der Waals surface area contributed by atoms with Crippen LogP contribution in [0.4, 0.5) is 13.2 Å². The average Bonchev–Trinajstić information content (AvgIpc) is 3.08. The van der Waals surface area contributed by atoms with Crippen LogP contribution in [0.1, 0.15) is 30.5 Å². The van der Waals surface area contributed by atoms with Crippen LogP contribution in [0, 0.1) is 5.92 Å². The number of ether oxygens (including phenoxy) is 1. The number of nitrogens with zero attached hydrogens (tertiary/aromatic N) is 1. The number of pyridine rings is 1. The lowest BCUT2D eigenvalue weighted by molar-refractivity contribution is -0.144. The molecule has 0 amide bonds. The molecule has 1 saturated carbocycles. The first kappa shape index (κ1) is 14.1. The van der Waals surface area contributed by atoms with Crippen molar-refractivity contribution >= 4 is 17.6 Å². The lowest BCUT2D eigenvalue weighted by Crippen LogP contribution is -2.09. The number of rotatable bonds is 3. The third-order valence-electron chi connectivity index (χ3n) is 2.93. The van der Waals surface area contributed by atoms with Crippen molar-refractivity contribution in [2.45, 2.75) is 25.4 Å². The van der Waals surface area contributed by atoms with Crippen LogP contribution in [0.5, 0.6) is 0 Å². The molecule has 0 bridgehead atoms. The van der Waals surface area contributed by atoms with Gasteiger partial charge in [0, 0.05) is 12.1 Å². The minimum absolute atomic E-state index is 0.0633. The minimum Gasteiger partial charge on any atom is -0.466 e. The zero-order chi connectivity index (χ0) is 14.2. The Hall–Kier alpha value is -1.30. The Morgan fingerprint density at radius 2 is 2.26 bits per heavy atom. The maximum absolute atomic E-state index is 12.4. The van der Waals surface area contributed by atoms with Crippen LogP contribution in [0.3, 0.4) is 0 Å². The van der Waals surface area contributed by atoms with Crippen molar-refractivity contribution in [1.82, 2.24) is 4.98 Å². The minimum atomic E-state index is -4.47. The Bertz CT molecular complexity index is 504. The molecule has 3 nitrogen and oxygen atoms in total. The Balaban J connectivity index is 2.14. The van der Waals surface area contributed by atoms with Crippen LogP contribution < -0.4 is 0 Å². The first-order valence-electron chi connectivity index (χ1n) is 5.73. The third-order valence-corrected chi connectivity index (χ3v) is 3.23. The molecule has 0 N–H and O–H groups in total. The molecule has 1 heterocycles. The average molecular weight is 294 g/mol. The summed E-state index contributed by atoms with van der Waals surface area (Å²) in [5.41, 5.74) is -0.567. The summed E-state index contributed by atoms with van der Waals surface area (Å²) < 4.78 is 42.2. The van der Waals surface area contributed by atoms with Crippen LogP contribution in [-0.2, 0) is 15.7 Å². The molecule has 104 valence electrons. The van der Waals surface area contributed by atoms with Crippen molar-refractivity contribution in [2.75, 3.05) is 6.61 Å². The van der Waals surface area contributed by atoms with Gasteiger partial charge in [-0.15, -0.1) is 0 Å². The SMILES string of the molecule is CCOC(=O)C1CC1c1ncc(C(F)(F)F)cc1Cl. The molecule has 19 heavy (non-hydrogen) atoms. The van der Waals surface area contributed by atoms with E-state index in [9.17, 15) is 18.0 Å². The highest BCUT2D eigenvalue weighted by Gasteiger charge is 2.47. The molecular formula is C12H11ClF3NO2. The number of esters is 1. The summed E-state index contributed by atoms with van der Waals surface area (Å²) in [5.74, 6) is -0.944. The molecule has 0 aliphatic heterocycles. The van der Waals surface area contributed by atoms with E-state index in [4.69, 9.17) is 16.3 Å². The molecule has 0 aromatic carbocycles. The monoisotopic (exact) mass is 293 g/mol. The predicted octanol–water partition coefficient (Wildman–Crippen LogP) is 3.42. The van der Waals surface area contributed by atoms with Gasteiger partial charge in [-0.3, -0.25) is 9.78 Å². The Kier molecular flexibility index (Phi) is 3.71. The zero-order valence-electron chi connectivity index (χ0n) is 10.00. The van der Waals surface area contributed by atoms with Gasteiger partial charge in [0.15, 0.2) is 0 Å². The molecule has 0 spiro atoms. The summed E-state index contributed by atoms with van der Waals surface area (Å²) in [6.45, 7) is 1.97. The van der Waals surface area contributed by atoms with Crippen molar-refractivity contribution in [1.29, 1.82) is 0 Å². The first-order chi connectivity index (χ1) is 8.84. The zero-order valence-corrected chi connectivity index (χ0v) is 10.8. The summed E-state index contributed by atoms with van der Waals surface area (Å²) >= 11 is 5.80. The molecule has 1 aliphatic carbocycles. The fourth-order valence-electron chi connectivity index (χ4n) is 1.88. The fourth-order valence-corrected chi connectivity index (χ4v) is 2.19. The summed E-state index contributed by atoms with van der Waals surface area (Å²) in [7, 11) is 0. The van der Waals surface area contributed by atoms with E-state index in [0.717, 1.165) is 12.3 Å². The molecule has 1 aromatic rings. The maximum Gasteiger partial charge on any atom is 0.417 e. The van der Waals surface area contributed by atoms with E-state index in [0.29, 0.717) is 12.1 Å². The number of hydrogen-bond acceptors (Lipinski definition) is 3. The van der Waals surface area contributed by atoms with Crippen molar-refractivity contribution in [3.05, 3.63) is 28.5 Å². The smallest absolute Gasteiger partial charge is 0.417 e. The van der Waals surface area contributed by atoms with E-state index in [2.05, 4.69) is 4.98 Å². The second-order valence-electron chi connectivity index (χ2n) is 4.29. The second kappa shape index (κ2) is 5.00. The van der Waals surface area contributed by atoms with E-state index in [1.165, 1.54) is 0 Å². The Morgan fingerprint density at radius 3 is 2.79 bits per heavy atom. The van der Waals surface area contributed by atoms with E-state index in [1.807, 2.05) is 0 Å². The van der Waals surface area contributed by atoms with Gasteiger partial charge >= 0.3 is 12.1 Å². The molecule has 2 atom stereocenters. The largest absolute Gasteiger partial charge is 0.466 e. The predicted molar refractivity (Wildman–Crippen MR) is 61.7 cm³/mol. The second-order valence-corrected chi connectivity index (χ2v) is 4.70. The summed E-state index contributed by atoms with van der Waals surface area (Å²) in [6, 6.07) is 0.838. The number of hydrogen-bond donors (Lipinski definition) is 0. The van der Waals surface area contributed by atoms with Crippen LogP contribution in [0.2, 0.25) is 5.02 Å². The number of alkyl halides is 3. The molecule has 2 rings (SSSR count). The van der Waals surface area contributed by atoms with Gasteiger partial charge in [-0.2, -0.15) is 13.2 Å². The van der Waals surface area contributed by atoms with Gasteiger partial charge in [0.1, 0.15) is 0 Å². The maximum atomic E-state index is 12.4. The van der Waals surface area contributed by atoms with Crippen LogP contribution in [-0.4, -0.2) is 17.6 Å². The lowest BCUT2D eigenvalue weighted by atomic mass is 10.2. The molecule has 1 aliphatic rings. The lowest BCUT2D eigenvalue weighted by Gasteiger charge is -2.08. The van der Waals surface area contributed by atoms with Crippen molar-refractivity contribution < 1.29 is 22.7 Å². The molecule has 0 radical (unpaired) electrons. The highest BCUT2D eigenvalue weighted by atomic mass is 35.5. The van der Waals surface area contributed by atoms with Crippen LogP contribution in [0.15, 0.2) is 12.3 Å². The van der Waals surface area contributed by atoms with Gasteiger partial charge in [-0.1, -0.05) is 11.6 Å². The number of carbonyl (C=O) groups is 1. The Labute approximate surface area is 112 Å². The summed E-state index contributed by atoms with van der Waals surface area (Å²) in [4.78, 5) is 15.2. The van der Waals surface area contributed by atoms with Gasteiger partial charge in [-0.25, -0.2) is 0 Å². The van der Waals surface area contributed by atoms with Crippen LogP contribution >= 0.6 is 11.6 Å². The van der Waals surface area contributed by atoms with Gasteiger partial charge in [0.25, 0.3) is 0 Å². The van der Waals surface area contributed by atoms with Crippen molar-refractivity contribution in [3.63, 3.8) is 0 Å².